The molecule has 3 nitrogen and oxygen atoms in total. The monoisotopic (exact) mass is 244 g/mol. The van der Waals surface area contributed by atoms with Crippen LogP contribution in [0, 0.1) is 4.77 Å². The Kier molecular flexibility index (Phi) is 2.65. The van der Waals surface area contributed by atoms with Crippen LogP contribution in [0.15, 0.2) is 30.5 Å². The van der Waals surface area contributed by atoms with E-state index in [1.54, 1.807) is 6.20 Å². The van der Waals surface area contributed by atoms with Gasteiger partial charge in [0, 0.05) is 11.9 Å². The largest absolute Gasteiger partial charge is 0.493 e. The number of aromatic nitrogens is 2. The molecule has 0 fully saturated rings. The van der Waals surface area contributed by atoms with Gasteiger partial charge in [0.25, 0.3) is 0 Å². The van der Waals surface area contributed by atoms with Crippen LogP contribution in [0.3, 0.4) is 0 Å². The van der Waals surface area contributed by atoms with E-state index in [-0.39, 0.29) is 0 Å². The highest BCUT2D eigenvalue weighted by molar-refractivity contribution is 7.71. The van der Waals surface area contributed by atoms with Crippen LogP contribution in [0.5, 0.6) is 5.75 Å². The zero-order valence-corrected chi connectivity index (χ0v) is 10.1. The molecule has 17 heavy (non-hydrogen) atoms. The highest BCUT2D eigenvalue weighted by Gasteiger charge is 2.11. The molecule has 0 aliphatic carbocycles. The Morgan fingerprint density at radius 1 is 1.29 bits per heavy atom. The first-order valence-electron chi connectivity index (χ1n) is 5.64. The van der Waals surface area contributed by atoms with Gasteiger partial charge in [0.15, 0.2) is 4.77 Å². The SMILES string of the molecule is S=c1nccc(-c2ccc3c(c2)CCCO3)[nH]1. The summed E-state index contributed by atoms with van der Waals surface area (Å²) < 4.78 is 6.11. The Morgan fingerprint density at radius 3 is 3.12 bits per heavy atom. The van der Waals surface area contributed by atoms with E-state index in [1.165, 1.54) is 5.56 Å². The van der Waals surface area contributed by atoms with E-state index in [9.17, 15) is 0 Å². The fourth-order valence-corrected chi connectivity index (χ4v) is 2.24. The maximum Gasteiger partial charge on any atom is 0.197 e. The van der Waals surface area contributed by atoms with Crippen LogP contribution in [0.25, 0.3) is 11.3 Å². The lowest BCUT2D eigenvalue weighted by Crippen LogP contribution is -2.08. The molecule has 4 heteroatoms. The van der Waals surface area contributed by atoms with Crippen molar-refractivity contribution in [2.75, 3.05) is 6.61 Å². The van der Waals surface area contributed by atoms with Crippen LogP contribution in [0.4, 0.5) is 0 Å². The maximum absolute atomic E-state index is 5.59. The second kappa shape index (κ2) is 4.30. The number of hydrogen-bond donors (Lipinski definition) is 1. The second-order valence-corrected chi connectivity index (χ2v) is 4.45. The summed E-state index contributed by atoms with van der Waals surface area (Å²) in [6.45, 7) is 0.823. The third kappa shape index (κ3) is 2.08. The topological polar surface area (TPSA) is 37.9 Å². The molecule has 86 valence electrons. The highest BCUT2D eigenvalue weighted by Crippen LogP contribution is 2.29. The molecule has 1 aliphatic heterocycles. The Labute approximate surface area is 104 Å². The Hall–Kier alpha value is -1.68. The van der Waals surface area contributed by atoms with Crippen LogP contribution in [-0.2, 0) is 6.42 Å². The fraction of sp³-hybridized carbons (Fsp3) is 0.231. The second-order valence-electron chi connectivity index (χ2n) is 4.06. The molecule has 0 saturated heterocycles. The van der Waals surface area contributed by atoms with Gasteiger partial charge in [-0.25, -0.2) is 4.98 Å². The minimum atomic E-state index is 0.511. The first-order valence-corrected chi connectivity index (χ1v) is 6.05. The minimum Gasteiger partial charge on any atom is -0.493 e. The number of benzene rings is 1. The molecule has 0 atom stereocenters. The van der Waals surface area contributed by atoms with E-state index in [2.05, 4.69) is 16.0 Å². The summed E-state index contributed by atoms with van der Waals surface area (Å²) >= 11 is 5.03. The van der Waals surface area contributed by atoms with Crippen molar-refractivity contribution in [2.24, 2.45) is 0 Å². The molecule has 2 heterocycles. The predicted molar refractivity (Wildman–Crippen MR) is 68.7 cm³/mol. The van der Waals surface area contributed by atoms with E-state index in [0.717, 1.165) is 36.5 Å². The Morgan fingerprint density at radius 2 is 2.24 bits per heavy atom. The quantitative estimate of drug-likeness (QED) is 0.783. The molecule has 0 unspecified atom stereocenters. The zero-order chi connectivity index (χ0) is 11.7. The number of ether oxygens (including phenoxy) is 1. The van der Waals surface area contributed by atoms with E-state index in [1.807, 2.05) is 18.2 Å². The predicted octanol–water partition coefficient (Wildman–Crippen LogP) is 3.13. The number of aryl methyl sites for hydroxylation is 1. The van der Waals surface area contributed by atoms with Crippen molar-refractivity contribution < 1.29 is 4.74 Å². The summed E-state index contributed by atoms with van der Waals surface area (Å²) in [7, 11) is 0. The number of H-pyrrole nitrogens is 1. The van der Waals surface area contributed by atoms with Crippen LogP contribution in [0.2, 0.25) is 0 Å². The normalized spacial score (nSPS) is 13.9. The van der Waals surface area contributed by atoms with Gasteiger partial charge in [-0.2, -0.15) is 0 Å². The molecule has 0 radical (unpaired) electrons. The van der Waals surface area contributed by atoms with Crippen LogP contribution in [-0.4, -0.2) is 16.6 Å². The first kappa shape index (κ1) is 10.5. The lowest BCUT2D eigenvalue weighted by molar-refractivity contribution is 0.288. The molecular formula is C13H12N2OS. The van der Waals surface area contributed by atoms with Crippen LogP contribution >= 0.6 is 12.2 Å². The summed E-state index contributed by atoms with van der Waals surface area (Å²) in [5.74, 6) is 1.01. The molecular weight excluding hydrogens is 232 g/mol. The van der Waals surface area contributed by atoms with Crippen molar-refractivity contribution in [1.29, 1.82) is 0 Å². The average molecular weight is 244 g/mol. The van der Waals surface area contributed by atoms with E-state index >= 15 is 0 Å². The van der Waals surface area contributed by atoms with Crippen molar-refractivity contribution in [3.05, 3.63) is 40.8 Å². The van der Waals surface area contributed by atoms with Gasteiger partial charge in [0.2, 0.25) is 0 Å². The molecule has 1 aromatic heterocycles. The van der Waals surface area contributed by atoms with Crippen LogP contribution < -0.4 is 4.74 Å². The van der Waals surface area contributed by atoms with Gasteiger partial charge in [-0.05, 0) is 60.5 Å². The molecule has 0 bridgehead atoms. The number of rotatable bonds is 1. The Bertz CT molecular complexity index is 606. The molecule has 0 saturated carbocycles. The third-order valence-electron chi connectivity index (χ3n) is 2.89. The van der Waals surface area contributed by atoms with Gasteiger partial charge in [-0.1, -0.05) is 0 Å². The summed E-state index contributed by atoms with van der Waals surface area (Å²) in [5.41, 5.74) is 3.39. The summed E-state index contributed by atoms with van der Waals surface area (Å²) in [6, 6.07) is 8.17. The molecule has 0 spiro atoms. The van der Waals surface area contributed by atoms with Crippen molar-refractivity contribution in [3.63, 3.8) is 0 Å². The smallest absolute Gasteiger partial charge is 0.197 e. The van der Waals surface area contributed by atoms with Gasteiger partial charge in [-0.15, -0.1) is 0 Å². The zero-order valence-electron chi connectivity index (χ0n) is 9.27. The first-order chi connectivity index (χ1) is 8.33. The van der Waals surface area contributed by atoms with Crippen LogP contribution in [0.1, 0.15) is 12.0 Å². The lowest BCUT2D eigenvalue weighted by Gasteiger charge is -2.17. The highest BCUT2D eigenvalue weighted by atomic mass is 32.1. The molecule has 1 aliphatic rings. The summed E-state index contributed by atoms with van der Waals surface area (Å²) in [6.07, 6.45) is 3.89. The van der Waals surface area contributed by atoms with Crippen molar-refractivity contribution in [2.45, 2.75) is 12.8 Å². The van der Waals surface area contributed by atoms with Crippen molar-refractivity contribution in [1.82, 2.24) is 9.97 Å². The third-order valence-corrected chi connectivity index (χ3v) is 3.10. The molecule has 0 amide bonds. The Balaban J connectivity index is 2.07. The molecule has 2 aromatic rings. The van der Waals surface area contributed by atoms with E-state index < -0.39 is 0 Å². The summed E-state index contributed by atoms with van der Waals surface area (Å²) in [4.78, 5) is 7.08. The number of fused-ring (bicyclic) bond motifs is 1. The van der Waals surface area contributed by atoms with Gasteiger partial charge in [0.05, 0.1) is 6.61 Å². The molecule has 1 N–H and O–H groups in total. The maximum atomic E-state index is 5.59. The van der Waals surface area contributed by atoms with Gasteiger partial charge in [-0.3, -0.25) is 0 Å². The molecule has 1 aromatic carbocycles. The lowest BCUT2D eigenvalue weighted by atomic mass is 10.0. The standard InChI is InChI=1S/C13H12N2OS/c17-13-14-6-5-11(15-13)9-3-4-12-10(8-9)2-1-7-16-12/h3-6,8H,1-2,7H2,(H,14,15,17). The number of nitrogens with zero attached hydrogens (tertiary/aromatic N) is 1. The summed E-state index contributed by atoms with van der Waals surface area (Å²) in [5, 5.41) is 0. The van der Waals surface area contributed by atoms with Crippen molar-refractivity contribution in [3.8, 4) is 17.0 Å². The fourth-order valence-electron chi connectivity index (χ4n) is 2.06. The van der Waals surface area contributed by atoms with Gasteiger partial charge < -0.3 is 9.72 Å². The van der Waals surface area contributed by atoms with Crippen molar-refractivity contribution >= 4 is 12.2 Å². The number of aromatic amines is 1. The van der Waals surface area contributed by atoms with Gasteiger partial charge in [0.1, 0.15) is 5.75 Å². The van der Waals surface area contributed by atoms with E-state index in [4.69, 9.17) is 17.0 Å². The van der Waals surface area contributed by atoms with Gasteiger partial charge >= 0.3 is 0 Å². The number of hydrogen-bond acceptors (Lipinski definition) is 3. The minimum absolute atomic E-state index is 0.511. The average Bonchev–Trinajstić information content (AvgIpc) is 2.38. The van der Waals surface area contributed by atoms with E-state index in [0.29, 0.717) is 4.77 Å². The number of nitrogens with one attached hydrogen (secondary N) is 1. The molecule has 3 rings (SSSR count).